The summed E-state index contributed by atoms with van der Waals surface area (Å²) >= 11 is 0. The Morgan fingerprint density at radius 3 is 2.57 bits per heavy atom. The normalized spacial score (nSPS) is 10.5. The lowest BCUT2D eigenvalue weighted by atomic mass is 10.1. The molecule has 23 heavy (non-hydrogen) atoms. The van der Waals surface area contributed by atoms with Crippen LogP contribution in [0.2, 0.25) is 0 Å². The minimum atomic E-state index is 0.264. The zero-order valence-electron chi connectivity index (χ0n) is 13.2. The fourth-order valence-corrected chi connectivity index (χ4v) is 2.26. The lowest BCUT2D eigenvalue weighted by Gasteiger charge is -2.08. The van der Waals surface area contributed by atoms with Crippen LogP contribution in [0.1, 0.15) is 22.9 Å². The van der Waals surface area contributed by atoms with Crippen molar-refractivity contribution in [1.82, 2.24) is 10.2 Å². The van der Waals surface area contributed by atoms with E-state index in [1.54, 1.807) is 0 Å². The summed E-state index contributed by atoms with van der Waals surface area (Å²) in [6.45, 7) is 4.90. The Bertz CT molecular complexity index is 769. The number of nitrogens with one attached hydrogen (secondary N) is 1. The van der Waals surface area contributed by atoms with Crippen LogP contribution in [0.5, 0.6) is 5.75 Å². The van der Waals surface area contributed by atoms with Crippen LogP contribution in [0.15, 0.2) is 52.9 Å². The topological polar surface area (TPSA) is 60.2 Å². The Morgan fingerprint density at radius 1 is 1.00 bits per heavy atom. The number of ether oxygens (including phenoxy) is 1. The van der Waals surface area contributed by atoms with Gasteiger partial charge in [-0.2, -0.15) is 0 Å². The van der Waals surface area contributed by atoms with E-state index in [1.165, 1.54) is 11.1 Å². The Labute approximate surface area is 135 Å². The summed E-state index contributed by atoms with van der Waals surface area (Å²) in [5.74, 6) is 1.78. The predicted molar refractivity (Wildman–Crippen MR) is 88.3 cm³/mol. The van der Waals surface area contributed by atoms with Crippen molar-refractivity contribution < 1.29 is 9.15 Å². The first-order valence-corrected chi connectivity index (χ1v) is 7.51. The molecule has 0 saturated heterocycles. The van der Waals surface area contributed by atoms with Crippen LogP contribution in [0.25, 0.3) is 0 Å². The number of benzene rings is 2. The van der Waals surface area contributed by atoms with Crippen molar-refractivity contribution in [3.63, 3.8) is 0 Å². The summed E-state index contributed by atoms with van der Waals surface area (Å²) in [6, 6.07) is 15.8. The van der Waals surface area contributed by atoms with Crippen LogP contribution in [-0.2, 0) is 13.2 Å². The van der Waals surface area contributed by atoms with Gasteiger partial charge >= 0.3 is 0 Å². The van der Waals surface area contributed by atoms with Crippen molar-refractivity contribution in [2.45, 2.75) is 27.0 Å². The molecule has 0 atom stereocenters. The average molecular weight is 309 g/mol. The molecule has 2 aromatic carbocycles. The third-order valence-electron chi connectivity index (χ3n) is 3.43. The summed E-state index contributed by atoms with van der Waals surface area (Å²) < 4.78 is 11.2. The van der Waals surface area contributed by atoms with E-state index in [1.807, 2.05) is 30.3 Å². The van der Waals surface area contributed by atoms with Gasteiger partial charge in [0.25, 0.3) is 5.89 Å². The van der Waals surface area contributed by atoms with Gasteiger partial charge in [-0.25, -0.2) is 0 Å². The molecular formula is C18H19N3O2. The van der Waals surface area contributed by atoms with Crippen LogP contribution < -0.4 is 10.1 Å². The summed E-state index contributed by atoms with van der Waals surface area (Å²) in [5, 5.41) is 11.3. The fraction of sp³-hybridized carbons (Fsp3) is 0.222. The number of aryl methyl sites for hydroxylation is 2. The van der Waals surface area contributed by atoms with Crippen molar-refractivity contribution in [2.75, 3.05) is 5.32 Å². The second-order valence-electron chi connectivity index (χ2n) is 5.36. The summed E-state index contributed by atoms with van der Waals surface area (Å²) in [7, 11) is 0. The minimum Gasteiger partial charge on any atom is -0.484 e. The van der Waals surface area contributed by atoms with E-state index in [-0.39, 0.29) is 6.61 Å². The van der Waals surface area contributed by atoms with Crippen LogP contribution >= 0.6 is 0 Å². The van der Waals surface area contributed by atoms with E-state index in [4.69, 9.17) is 9.15 Å². The molecule has 5 nitrogen and oxygen atoms in total. The molecule has 5 heteroatoms. The largest absolute Gasteiger partial charge is 0.484 e. The summed E-state index contributed by atoms with van der Waals surface area (Å²) in [4.78, 5) is 0. The standard InChI is InChI=1S/C18H19N3O2/c1-13-8-9-16(14(2)10-13)19-11-17-20-21-18(23-17)12-22-15-6-4-3-5-7-15/h3-10,19H,11-12H2,1-2H3. The highest BCUT2D eigenvalue weighted by atomic mass is 16.5. The number of para-hydroxylation sites is 1. The molecule has 1 heterocycles. The molecular weight excluding hydrogens is 290 g/mol. The number of hydrogen-bond donors (Lipinski definition) is 1. The molecule has 3 aromatic rings. The van der Waals surface area contributed by atoms with Gasteiger partial charge in [0.05, 0.1) is 6.54 Å². The molecule has 0 aliphatic heterocycles. The highest BCUT2D eigenvalue weighted by Crippen LogP contribution is 2.17. The molecule has 0 radical (unpaired) electrons. The van der Waals surface area contributed by atoms with Gasteiger partial charge in [-0.3, -0.25) is 0 Å². The van der Waals surface area contributed by atoms with Gasteiger partial charge in [0, 0.05) is 5.69 Å². The number of rotatable bonds is 6. The molecule has 0 saturated carbocycles. The molecule has 0 unspecified atom stereocenters. The summed E-state index contributed by atoms with van der Waals surface area (Å²) in [6.07, 6.45) is 0. The Morgan fingerprint density at radius 2 is 1.78 bits per heavy atom. The van der Waals surface area contributed by atoms with E-state index in [0.717, 1.165) is 11.4 Å². The Kier molecular flexibility index (Phi) is 4.57. The van der Waals surface area contributed by atoms with Crippen molar-refractivity contribution >= 4 is 5.69 Å². The van der Waals surface area contributed by atoms with Crippen LogP contribution in [0.3, 0.4) is 0 Å². The van der Waals surface area contributed by atoms with Gasteiger partial charge in [-0.15, -0.1) is 10.2 Å². The summed E-state index contributed by atoms with van der Waals surface area (Å²) in [5.41, 5.74) is 3.50. The maximum Gasteiger partial charge on any atom is 0.253 e. The zero-order chi connectivity index (χ0) is 16.1. The average Bonchev–Trinajstić information content (AvgIpc) is 3.01. The smallest absolute Gasteiger partial charge is 0.253 e. The maximum absolute atomic E-state index is 5.58. The molecule has 0 fully saturated rings. The van der Waals surface area contributed by atoms with Gasteiger partial charge in [-0.1, -0.05) is 35.9 Å². The van der Waals surface area contributed by atoms with Crippen molar-refractivity contribution in [3.05, 3.63) is 71.4 Å². The van der Waals surface area contributed by atoms with E-state index >= 15 is 0 Å². The van der Waals surface area contributed by atoms with Crippen molar-refractivity contribution in [2.24, 2.45) is 0 Å². The second kappa shape index (κ2) is 6.96. The lowest BCUT2D eigenvalue weighted by Crippen LogP contribution is -2.01. The monoisotopic (exact) mass is 309 g/mol. The molecule has 0 amide bonds. The molecule has 0 aliphatic rings. The zero-order valence-corrected chi connectivity index (χ0v) is 13.2. The first-order valence-electron chi connectivity index (χ1n) is 7.51. The molecule has 118 valence electrons. The number of aromatic nitrogens is 2. The first-order chi connectivity index (χ1) is 11.2. The molecule has 0 bridgehead atoms. The molecule has 1 N–H and O–H groups in total. The minimum absolute atomic E-state index is 0.264. The van der Waals surface area contributed by atoms with Crippen LogP contribution in [-0.4, -0.2) is 10.2 Å². The number of hydrogen-bond acceptors (Lipinski definition) is 5. The van der Waals surface area contributed by atoms with Gasteiger partial charge in [0.2, 0.25) is 5.89 Å². The van der Waals surface area contributed by atoms with E-state index in [9.17, 15) is 0 Å². The predicted octanol–water partition coefficient (Wildman–Crippen LogP) is 3.88. The van der Waals surface area contributed by atoms with Crippen molar-refractivity contribution in [3.8, 4) is 5.75 Å². The van der Waals surface area contributed by atoms with Crippen molar-refractivity contribution in [1.29, 1.82) is 0 Å². The van der Waals surface area contributed by atoms with Crippen LogP contribution in [0, 0.1) is 13.8 Å². The lowest BCUT2D eigenvalue weighted by molar-refractivity contribution is 0.259. The fourth-order valence-electron chi connectivity index (χ4n) is 2.26. The maximum atomic E-state index is 5.58. The molecule has 3 rings (SSSR count). The Balaban J connectivity index is 1.55. The quantitative estimate of drug-likeness (QED) is 0.749. The molecule has 0 aliphatic carbocycles. The van der Waals surface area contributed by atoms with E-state index in [0.29, 0.717) is 18.3 Å². The molecule has 0 spiro atoms. The van der Waals surface area contributed by atoms with Crippen LogP contribution in [0.4, 0.5) is 5.69 Å². The number of anilines is 1. The highest BCUT2D eigenvalue weighted by molar-refractivity contribution is 5.51. The van der Waals surface area contributed by atoms with Gasteiger partial charge in [0.15, 0.2) is 6.61 Å². The SMILES string of the molecule is Cc1ccc(NCc2nnc(COc3ccccc3)o2)c(C)c1. The Hall–Kier alpha value is -2.82. The van der Waals surface area contributed by atoms with Gasteiger partial charge < -0.3 is 14.5 Å². The van der Waals surface area contributed by atoms with Gasteiger partial charge in [-0.05, 0) is 37.6 Å². The first kappa shape index (κ1) is 15.1. The third-order valence-corrected chi connectivity index (χ3v) is 3.43. The van der Waals surface area contributed by atoms with E-state index < -0.39 is 0 Å². The highest BCUT2D eigenvalue weighted by Gasteiger charge is 2.07. The van der Waals surface area contributed by atoms with E-state index in [2.05, 4.69) is 47.6 Å². The number of nitrogens with zero attached hydrogens (tertiary/aromatic N) is 2. The van der Waals surface area contributed by atoms with Gasteiger partial charge in [0.1, 0.15) is 5.75 Å². The molecule has 1 aromatic heterocycles. The third kappa shape index (κ3) is 4.10. The second-order valence-corrected chi connectivity index (χ2v) is 5.36.